The first-order chi connectivity index (χ1) is 14.5. The Kier molecular flexibility index (Phi) is 7.17. The van der Waals surface area contributed by atoms with E-state index in [2.05, 4.69) is 5.32 Å². The third-order valence-electron chi connectivity index (χ3n) is 4.70. The van der Waals surface area contributed by atoms with Gasteiger partial charge in [-0.15, -0.1) is 0 Å². The van der Waals surface area contributed by atoms with Crippen LogP contribution in [-0.4, -0.2) is 56.3 Å². The highest BCUT2D eigenvalue weighted by Crippen LogP contribution is 2.34. The maximum absolute atomic E-state index is 13.0. The fourth-order valence-electron chi connectivity index (χ4n) is 3.08. The zero-order valence-corrected chi connectivity index (χ0v) is 18.3. The summed E-state index contributed by atoms with van der Waals surface area (Å²) in [6.45, 7) is 0.556. The van der Waals surface area contributed by atoms with Crippen molar-refractivity contribution in [2.45, 2.75) is 11.1 Å². The molecule has 1 amide bonds. The van der Waals surface area contributed by atoms with E-state index in [9.17, 15) is 26.4 Å². The van der Waals surface area contributed by atoms with Crippen LogP contribution in [0.4, 0.5) is 18.9 Å². The number of nitrogens with one attached hydrogen (secondary N) is 1. The van der Waals surface area contributed by atoms with Crippen molar-refractivity contribution in [3.05, 3.63) is 58.1 Å². The van der Waals surface area contributed by atoms with Crippen molar-refractivity contribution in [3.63, 3.8) is 0 Å². The Hall–Kier alpha value is -1.85. The minimum absolute atomic E-state index is 0.0170. The number of anilines is 1. The van der Waals surface area contributed by atoms with E-state index < -0.39 is 26.7 Å². The van der Waals surface area contributed by atoms with Crippen LogP contribution >= 0.6 is 23.2 Å². The first-order valence-electron chi connectivity index (χ1n) is 9.11. The second-order valence-electron chi connectivity index (χ2n) is 6.88. The Balaban J connectivity index is 1.62. The van der Waals surface area contributed by atoms with Crippen molar-refractivity contribution in [2.24, 2.45) is 0 Å². The molecule has 1 fully saturated rings. The number of alkyl halides is 3. The molecule has 31 heavy (non-hydrogen) atoms. The van der Waals surface area contributed by atoms with Crippen LogP contribution in [0.25, 0.3) is 0 Å². The number of nitrogens with zero attached hydrogens (tertiary/aromatic N) is 2. The molecule has 0 saturated carbocycles. The topological polar surface area (TPSA) is 69.7 Å². The molecule has 168 valence electrons. The lowest BCUT2D eigenvalue weighted by Gasteiger charge is -2.33. The molecule has 1 saturated heterocycles. The minimum atomic E-state index is -4.69. The number of benzene rings is 2. The van der Waals surface area contributed by atoms with Gasteiger partial charge in [-0.25, -0.2) is 8.42 Å². The highest BCUT2D eigenvalue weighted by Gasteiger charge is 2.35. The summed E-state index contributed by atoms with van der Waals surface area (Å²) in [6.07, 6.45) is -4.69. The van der Waals surface area contributed by atoms with Gasteiger partial charge in [-0.05, 0) is 42.5 Å². The van der Waals surface area contributed by atoms with Crippen LogP contribution in [0, 0.1) is 0 Å². The number of carbonyl (C=O) groups excluding carboxylic acids is 1. The number of piperazine rings is 1. The highest BCUT2D eigenvalue weighted by atomic mass is 35.5. The van der Waals surface area contributed by atoms with E-state index in [1.54, 1.807) is 29.2 Å². The van der Waals surface area contributed by atoms with Crippen LogP contribution in [0.5, 0.6) is 0 Å². The minimum Gasteiger partial charge on any atom is -0.325 e. The van der Waals surface area contributed by atoms with Gasteiger partial charge < -0.3 is 5.32 Å². The van der Waals surface area contributed by atoms with Gasteiger partial charge in [-0.2, -0.15) is 17.5 Å². The maximum atomic E-state index is 13.0. The molecular formula is C19H18Cl2F3N3O3S. The summed E-state index contributed by atoms with van der Waals surface area (Å²) in [5, 5.41) is 2.97. The fraction of sp³-hybridized carbons (Fsp3) is 0.316. The number of hydrogen-bond acceptors (Lipinski definition) is 4. The second kappa shape index (κ2) is 9.33. The van der Waals surface area contributed by atoms with Crippen molar-refractivity contribution in [2.75, 3.05) is 38.0 Å². The summed E-state index contributed by atoms with van der Waals surface area (Å²) in [4.78, 5) is 13.4. The molecule has 0 atom stereocenters. The Morgan fingerprint density at radius 2 is 1.61 bits per heavy atom. The molecule has 1 aliphatic heterocycles. The average Bonchev–Trinajstić information content (AvgIpc) is 2.69. The zero-order valence-electron chi connectivity index (χ0n) is 16.0. The largest absolute Gasteiger partial charge is 0.416 e. The Morgan fingerprint density at radius 3 is 2.19 bits per heavy atom. The van der Waals surface area contributed by atoms with E-state index in [1.165, 1.54) is 0 Å². The monoisotopic (exact) mass is 495 g/mol. The Bertz CT molecular complexity index is 1060. The first-order valence-corrected chi connectivity index (χ1v) is 11.3. The number of hydrogen-bond donors (Lipinski definition) is 1. The third kappa shape index (κ3) is 5.89. The van der Waals surface area contributed by atoms with Crippen molar-refractivity contribution in [3.8, 4) is 0 Å². The zero-order chi connectivity index (χ0) is 22.8. The SMILES string of the molecule is O=C(CN1CCN(S(=O)(=O)c2cc(C(F)(F)F)ccc2Cl)CC1)Nc1ccc(Cl)cc1. The molecule has 0 bridgehead atoms. The van der Waals surface area contributed by atoms with Gasteiger partial charge >= 0.3 is 6.18 Å². The lowest BCUT2D eigenvalue weighted by atomic mass is 10.2. The van der Waals surface area contributed by atoms with Crippen LogP contribution in [0.2, 0.25) is 10.0 Å². The Labute approximate surface area is 187 Å². The summed E-state index contributed by atoms with van der Waals surface area (Å²) in [7, 11) is -4.22. The smallest absolute Gasteiger partial charge is 0.325 e. The first kappa shape index (κ1) is 23.8. The van der Waals surface area contributed by atoms with Gasteiger partial charge in [0, 0.05) is 36.9 Å². The molecule has 1 heterocycles. The van der Waals surface area contributed by atoms with Crippen LogP contribution in [-0.2, 0) is 21.0 Å². The van der Waals surface area contributed by atoms with Gasteiger partial charge in [0.1, 0.15) is 4.90 Å². The van der Waals surface area contributed by atoms with Gasteiger partial charge in [0.2, 0.25) is 15.9 Å². The molecule has 2 aromatic rings. The number of amides is 1. The number of halogens is 5. The van der Waals surface area contributed by atoms with Gasteiger partial charge in [0.25, 0.3) is 0 Å². The molecule has 0 aromatic heterocycles. The molecular weight excluding hydrogens is 478 g/mol. The van der Waals surface area contributed by atoms with E-state index in [1.807, 2.05) is 0 Å². The average molecular weight is 496 g/mol. The molecule has 1 aliphatic rings. The van der Waals surface area contributed by atoms with Gasteiger partial charge in [0.05, 0.1) is 17.1 Å². The van der Waals surface area contributed by atoms with E-state index in [0.717, 1.165) is 16.4 Å². The van der Waals surface area contributed by atoms with E-state index in [0.29, 0.717) is 16.8 Å². The summed E-state index contributed by atoms with van der Waals surface area (Å²) < 4.78 is 65.7. The van der Waals surface area contributed by atoms with Crippen molar-refractivity contribution in [1.82, 2.24) is 9.21 Å². The molecule has 1 N–H and O–H groups in total. The van der Waals surface area contributed by atoms with Crippen molar-refractivity contribution in [1.29, 1.82) is 0 Å². The molecule has 6 nitrogen and oxygen atoms in total. The van der Waals surface area contributed by atoms with E-state index in [-0.39, 0.29) is 43.7 Å². The van der Waals surface area contributed by atoms with Crippen LogP contribution in [0.15, 0.2) is 47.4 Å². The molecule has 2 aromatic carbocycles. The number of rotatable bonds is 5. The standard InChI is InChI=1S/C19H18Cl2F3N3O3S/c20-14-2-4-15(5-3-14)25-18(28)12-26-7-9-27(10-8-26)31(29,30)17-11-13(19(22,23)24)1-6-16(17)21/h1-6,11H,7-10,12H2,(H,25,28). The third-order valence-corrected chi connectivity index (χ3v) is 7.33. The van der Waals surface area contributed by atoms with Crippen LogP contribution in [0.1, 0.15) is 5.56 Å². The fourth-order valence-corrected chi connectivity index (χ4v) is 5.13. The van der Waals surface area contributed by atoms with E-state index >= 15 is 0 Å². The Morgan fingerprint density at radius 1 is 1.00 bits per heavy atom. The van der Waals surface area contributed by atoms with Crippen molar-refractivity contribution < 1.29 is 26.4 Å². The predicted octanol–water partition coefficient (Wildman–Crippen LogP) is 3.96. The quantitative estimate of drug-likeness (QED) is 0.681. The van der Waals surface area contributed by atoms with Gasteiger partial charge in [-0.3, -0.25) is 9.69 Å². The van der Waals surface area contributed by atoms with Gasteiger partial charge in [-0.1, -0.05) is 23.2 Å². The van der Waals surface area contributed by atoms with E-state index in [4.69, 9.17) is 23.2 Å². The highest BCUT2D eigenvalue weighted by molar-refractivity contribution is 7.89. The molecule has 12 heteroatoms. The molecule has 0 unspecified atom stereocenters. The lowest BCUT2D eigenvalue weighted by molar-refractivity contribution is -0.137. The molecule has 3 rings (SSSR count). The van der Waals surface area contributed by atoms with Crippen molar-refractivity contribution >= 4 is 44.8 Å². The lowest BCUT2D eigenvalue weighted by Crippen LogP contribution is -2.50. The second-order valence-corrected chi connectivity index (χ2v) is 9.63. The van der Waals surface area contributed by atoms with Crippen LogP contribution in [0.3, 0.4) is 0 Å². The van der Waals surface area contributed by atoms with Gasteiger partial charge in [0.15, 0.2) is 0 Å². The summed E-state index contributed by atoms with van der Waals surface area (Å²) in [5.41, 5.74) is -0.511. The maximum Gasteiger partial charge on any atom is 0.416 e. The normalized spacial score (nSPS) is 16.3. The summed E-state index contributed by atoms with van der Waals surface area (Å²) in [5.74, 6) is -0.278. The molecule has 0 radical (unpaired) electrons. The molecule has 0 aliphatic carbocycles. The number of carbonyl (C=O) groups is 1. The number of sulfonamides is 1. The predicted molar refractivity (Wildman–Crippen MR) is 112 cm³/mol. The summed E-state index contributed by atoms with van der Waals surface area (Å²) >= 11 is 11.7. The summed E-state index contributed by atoms with van der Waals surface area (Å²) in [6, 6.07) is 8.79. The molecule has 0 spiro atoms. The van der Waals surface area contributed by atoms with Crippen LogP contribution < -0.4 is 5.32 Å².